The van der Waals surface area contributed by atoms with E-state index in [1.165, 1.54) is 128 Å². The molecule has 0 aromatic carbocycles. The third-order valence-electron chi connectivity index (χ3n) is 11.6. The van der Waals surface area contributed by atoms with Crippen molar-refractivity contribution in [3.05, 3.63) is 0 Å². The van der Waals surface area contributed by atoms with E-state index in [9.17, 15) is 40.5 Å². The molecular formula is C45H86O14. The first kappa shape index (κ1) is 54.1. The summed E-state index contributed by atoms with van der Waals surface area (Å²) in [5.74, 6) is -0.407. The van der Waals surface area contributed by atoms with Gasteiger partial charge in [-0.15, -0.1) is 0 Å². The van der Waals surface area contributed by atoms with Gasteiger partial charge in [-0.2, -0.15) is 0 Å². The lowest BCUT2D eigenvalue weighted by molar-refractivity contribution is -0.332. The topological polar surface area (TPSA) is 214 Å². The predicted octanol–water partition coefficient (Wildman–Crippen LogP) is 5.74. The number of hydrogen-bond donors (Lipinski definition) is 7. The first-order valence-electron chi connectivity index (χ1n) is 23.6. The quantitative estimate of drug-likeness (QED) is 0.0294. The number of aliphatic hydroxyl groups is 7. The summed E-state index contributed by atoms with van der Waals surface area (Å²) >= 11 is 0. The lowest BCUT2D eigenvalue weighted by Crippen LogP contribution is -2.61. The molecular weight excluding hydrogens is 764 g/mol. The average molecular weight is 851 g/mol. The van der Waals surface area contributed by atoms with E-state index < -0.39 is 86.7 Å². The maximum Gasteiger partial charge on any atom is 0.306 e. The number of esters is 1. The summed E-state index contributed by atoms with van der Waals surface area (Å²) in [7, 11) is 0. The molecule has 2 saturated heterocycles. The minimum absolute atomic E-state index is 0.0643. The Morgan fingerprint density at radius 3 is 1.36 bits per heavy atom. The average Bonchev–Trinajstić information content (AvgIpc) is 3.23. The van der Waals surface area contributed by atoms with E-state index in [1.54, 1.807) is 0 Å². The van der Waals surface area contributed by atoms with Crippen LogP contribution in [0.15, 0.2) is 0 Å². The maximum absolute atomic E-state index is 12.5. The van der Waals surface area contributed by atoms with Crippen LogP contribution in [0.3, 0.4) is 0 Å². The number of carbonyl (C=O) groups is 1. The molecule has 14 nitrogen and oxygen atoms in total. The van der Waals surface area contributed by atoms with Crippen LogP contribution in [0.2, 0.25) is 0 Å². The second-order valence-electron chi connectivity index (χ2n) is 16.9. The monoisotopic (exact) mass is 851 g/mol. The second kappa shape index (κ2) is 34.5. The summed E-state index contributed by atoms with van der Waals surface area (Å²) in [5, 5.41) is 71.4. The Labute approximate surface area is 355 Å². The number of hydrogen-bond acceptors (Lipinski definition) is 14. The minimum atomic E-state index is -1.70. The van der Waals surface area contributed by atoms with Gasteiger partial charge < -0.3 is 64.2 Å². The smallest absolute Gasteiger partial charge is 0.306 e. The first-order valence-corrected chi connectivity index (χ1v) is 23.6. The van der Waals surface area contributed by atoms with Crippen LogP contribution in [-0.2, 0) is 33.2 Å². The fourth-order valence-electron chi connectivity index (χ4n) is 7.68. The lowest BCUT2D eigenvalue weighted by atomic mass is 9.98. The number of aliphatic hydroxyl groups excluding tert-OH is 7. The molecule has 14 heteroatoms. The van der Waals surface area contributed by atoms with Crippen LogP contribution in [-0.4, -0.2) is 142 Å². The molecule has 0 aromatic heterocycles. The van der Waals surface area contributed by atoms with Crippen molar-refractivity contribution in [1.82, 2.24) is 0 Å². The zero-order chi connectivity index (χ0) is 43.1. The van der Waals surface area contributed by atoms with Crippen LogP contribution >= 0.6 is 0 Å². The highest BCUT2D eigenvalue weighted by Gasteiger charge is 2.47. The Balaban J connectivity index is 1.57. The van der Waals surface area contributed by atoms with Crippen LogP contribution in [0.1, 0.15) is 181 Å². The molecule has 0 amide bonds. The van der Waals surface area contributed by atoms with Gasteiger partial charge >= 0.3 is 5.97 Å². The summed E-state index contributed by atoms with van der Waals surface area (Å²) in [6.45, 7) is 3.45. The third kappa shape index (κ3) is 23.3. The van der Waals surface area contributed by atoms with Crippen molar-refractivity contribution >= 4 is 5.97 Å². The van der Waals surface area contributed by atoms with E-state index in [0.717, 1.165) is 25.7 Å². The Bertz CT molecular complexity index is 990. The highest BCUT2D eigenvalue weighted by molar-refractivity contribution is 5.69. The van der Waals surface area contributed by atoms with Crippen LogP contribution in [0.25, 0.3) is 0 Å². The molecule has 2 fully saturated rings. The van der Waals surface area contributed by atoms with E-state index in [0.29, 0.717) is 13.0 Å². The van der Waals surface area contributed by atoms with Crippen molar-refractivity contribution in [2.45, 2.75) is 248 Å². The van der Waals surface area contributed by atoms with Crippen LogP contribution in [0.5, 0.6) is 0 Å². The van der Waals surface area contributed by atoms with Gasteiger partial charge in [0, 0.05) is 13.0 Å². The molecule has 2 heterocycles. The van der Waals surface area contributed by atoms with Gasteiger partial charge in [-0.1, -0.05) is 162 Å². The molecule has 2 aliphatic rings. The molecule has 59 heavy (non-hydrogen) atoms. The SMILES string of the molecule is CCCCCCCCCCCCCCCCCCCCCCCCCOCC(COC1OC(COC2OC(CO)C(O)C(O)C2O)C(O)C(O)C1O)OC(=O)CCCC. The molecule has 11 atom stereocenters. The van der Waals surface area contributed by atoms with Gasteiger partial charge in [-0.25, -0.2) is 0 Å². The van der Waals surface area contributed by atoms with Crippen molar-refractivity contribution in [1.29, 1.82) is 0 Å². The number of carbonyl (C=O) groups excluding carboxylic acids is 1. The second-order valence-corrected chi connectivity index (χ2v) is 16.9. The van der Waals surface area contributed by atoms with E-state index in [2.05, 4.69) is 6.92 Å². The number of ether oxygens (including phenoxy) is 6. The normalized spacial score (nSPS) is 27.9. The number of unbranched alkanes of at least 4 members (excludes halogenated alkanes) is 23. The van der Waals surface area contributed by atoms with Gasteiger partial charge in [0.05, 0.1) is 26.4 Å². The van der Waals surface area contributed by atoms with Crippen molar-refractivity contribution in [2.75, 3.05) is 33.0 Å². The van der Waals surface area contributed by atoms with Crippen LogP contribution < -0.4 is 0 Å². The summed E-state index contributed by atoms with van der Waals surface area (Å²) < 4.78 is 33.7. The van der Waals surface area contributed by atoms with Gasteiger partial charge in [0.1, 0.15) is 54.9 Å². The van der Waals surface area contributed by atoms with Crippen LogP contribution in [0, 0.1) is 0 Å². The fraction of sp³-hybridized carbons (Fsp3) is 0.978. The zero-order valence-corrected chi connectivity index (χ0v) is 36.8. The van der Waals surface area contributed by atoms with Crippen molar-refractivity contribution in [2.24, 2.45) is 0 Å². The Morgan fingerprint density at radius 2 is 0.898 bits per heavy atom. The largest absolute Gasteiger partial charge is 0.457 e. The van der Waals surface area contributed by atoms with Crippen molar-refractivity contribution in [3.8, 4) is 0 Å². The molecule has 350 valence electrons. The molecule has 11 unspecified atom stereocenters. The van der Waals surface area contributed by atoms with E-state index in [-0.39, 0.29) is 19.6 Å². The molecule has 2 rings (SSSR count). The van der Waals surface area contributed by atoms with Crippen molar-refractivity contribution < 1.29 is 69.0 Å². The third-order valence-corrected chi connectivity index (χ3v) is 11.6. The van der Waals surface area contributed by atoms with Crippen molar-refractivity contribution in [3.63, 3.8) is 0 Å². The van der Waals surface area contributed by atoms with Crippen LogP contribution in [0.4, 0.5) is 0 Å². The molecule has 0 radical (unpaired) electrons. The molecule has 0 aliphatic carbocycles. The van der Waals surface area contributed by atoms with E-state index >= 15 is 0 Å². The molecule has 0 aromatic rings. The zero-order valence-electron chi connectivity index (χ0n) is 36.8. The van der Waals surface area contributed by atoms with Gasteiger partial charge in [0.25, 0.3) is 0 Å². The van der Waals surface area contributed by atoms with E-state index in [1.807, 2.05) is 6.92 Å². The molecule has 0 spiro atoms. The predicted molar refractivity (Wildman–Crippen MR) is 224 cm³/mol. The highest BCUT2D eigenvalue weighted by atomic mass is 16.7. The highest BCUT2D eigenvalue weighted by Crippen LogP contribution is 2.26. The van der Waals surface area contributed by atoms with Gasteiger partial charge in [-0.05, 0) is 12.8 Å². The first-order chi connectivity index (χ1) is 28.6. The molecule has 0 bridgehead atoms. The summed E-state index contributed by atoms with van der Waals surface area (Å²) in [4.78, 5) is 12.5. The Hall–Kier alpha value is -1.01. The standard InChI is InChI=1S/C45H86O14/c1-3-5-7-8-9-10-11-12-13-14-15-16-17-18-19-20-21-22-23-24-25-26-27-29-54-31-34(57-37(47)28-6-4-2)32-55-44-43(53)41(51)39(49)36(59-44)33-56-45-42(52)40(50)38(48)35(30-46)58-45/h34-36,38-46,48-53H,3-33H2,1-2H3. The fourth-order valence-corrected chi connectivity index (χ4v) is 7.68. The number of rotatable bonds is 37. The van der Waals surface area contributed by atoms with Gasteiger partial charge in [0.2, 0.25) is 0 Å². The lowest BCUT2D eigenvalue weighted by Gasteiger charge is -2.42. The summed E-state index contributed by atoms with van der Waals surface area (Å²) in [6.07, 6.45) is 16.1. The minimum Gasteiger partial charge on any atom is -0.457 e. The Kier molecular flexibility index (Phi) is 31.6. The van der Waals surface area contributed by atoms with E-state index in [4.69, 9.17) is 28.4 Å². The maximum atomic E-state index is 12.5. The van der Waals surface area contributed by atoms with Gasteiger partial charge in [-0.3, -0.25) is 4.79 Å². The molecule has 7 N–H and O–H groups in total. The summed E-state index contributed by atoms with van der Waals surface area (Å²) in [6, 6.07) is 0. The Morgan fingerprint density at radius 1 is 0.492 bits per heavy atom. The van der Waals surface area contributed by atoms with Gasteiger partial charge in [0.15, 0.2) is 12.6 Å². The molecule has 2 aliphatic heterocycles. The summed E-state index contributed by atoms with van der Waals surface area (Å²) in [5.41, 5.74) is 0. The molecule has 0 saturated carbocycles.